The molecular weight excluding hydrogens is 222 g/mol. The van der Waals surface area contributed by atoms with Gasteiger partial charge in [-0.1, -0.05) is 18.2 Å². The van der Waals surface area contributed by atoms with Gasteiger partial charge in [0.1, 0.15) is 0 Å². The van der Waals surface area contributed by atoms with Crippen LogP contribution in [0.4, 0.5) is 10.5 Å². The number of nitrogens with two attached hydrogens (primary N) is 1. The molecule has 17 heavy (non-hydrogen) atoms. The summed E-state index contributed by atoms with van der Waals surface area (Å²) in [7, 11) is 0. The van der Waals surface area contributed by atoms with Crippen LogP contribution >= 0.6 is 0 Å². The Morgan fingerprint density at radius 2 is 1.94 bits per heavy atom. The van der Waals surface area contributed by atoms with Crippen LogP contribution in [-0.2, 0) is 9.59 Å². The maximum absolute atomic E-state index is 11.9. The number of hydrogen-bond donors (Lipinski definition) is 2. The summed E-state index contributed by atoms with van der Waals surface area (Å²) in [6.45, 7) is -0.278. The van der Waals surface area contributed by atoms with E-state index in [-0.39, 0.29) is 6.54 Å². The standard InChI is InChI=1S/C11H11N3O3/c12-6-8(15)9-10(16)14(11(17)13-9)7-4-2-1-3-5-7/h1-5,9H,6,12H2,(H,13,17). The molecule has 6 nitrogen and oxygen atoms in total. The Labute approximate surface area is 97.4 Å². The number of para-hydroxylation sites is 1. The molecule has 0 radical (unpaired) electrons. The lowest BCUT2D eigenvalue weighted by Gasteiger charge is -2.11. The van der Waals surface area contributed by atoms with E-state index in [1.54, 1.807) is 30.3 Å². The van der Waals surface area contributed by atoms with Gasteiger partial charge in [0, 0.05) is 0 Å². The number of amides is 3. The maximum Gasteiger partial charge on any atom is 0.329 e. The van der Waals surface area contributed by atoms with E-state index < -0.39 is 23.8 Å². The molecule has 6 heteroatoms. The van der Waals surface area contributed by atoms with Crippen LogP contribution in [0, 0.1) is 0 Å². The number of carbonyl (C=O) groups excluding carboxylic acids is 3. The van der Waals surface area contributed by atoms with Gasteiger partial charge in [-0.3, -0.25) is 9.59 Å². The highest BCUT2D eigenvalue weighted by Gasteiger charge is 2.42. The molecule has 1 aliphatic rings. The summed E-state index contributed by atoms with van der Waals surface area (Å²) in [5.41, 5.74) is 5.60. The highest BCUT2D eigenvalue weighted by Crippen LogP contribution is 2.18. The third-order valence-electron chi connectivity index (χ3n) is 2.48. The molecule has 1 fully saturated rings. The van der Waals surface area contributed by atoms with Gasteiger partial charge in [0.2, 0.25) is 0 Å². The average molecular weight is 233 g/mol. The van der Waals surface area contributed by atoms with Crippen LogP contribution < -0.4 is 16.0 Å². The van der Waals surface area contributed by atoms with Crippen LogP contribution in [0.1, 0.15) is 0 Å². The summed E-state index contributed by atoms with van der Waals surface area (Å²) in [4.78, 5) is 35.8. The van der Waals surface area contributed by atoms with Gasteiger partial charge in [-0.2, -0.15) is 0 Å². The zero-order valence-corrected chi connectivity index (χ0v) is 8.92. The fourth-order valence-electron chi connectivity index (χ4n) is 1.64. The lowest BCUT2D eigenvalue weighted by Crippen LogP contribution is -2.41. The molecule has 0 saturated carbocycles. The van der Waals surface area contributed by atoms with E-state index in [0.29, 0.717) is 5.69 Å². The van der Waals surface area contributed by atoms with E-state index in [9.17, 15) is 14.4 Å². The number of carbonyl (C=O) groups is 3. The summed E-state index contributed by atoms with van der Waals surface area (Å²) < 4.78 is 0. The summed E-state index contributed by atoms with van der Waals surface area (Å²) >= 11 is 0. The Bertz CT molecular complexity index is 472. The van der Waals surface area contributed by atoms with Crippen molar-refractivity contribution in [3.05, 3.63) is 30.3 Å². The fourth-order valence-corrected chi connectivity index (χ4v) is 1.64. The lowest BCUT2D eigenvalue weighted by molar-refractivity contribution is -0.127. The van der Waals surface area contributed by atoms with Crippen molar-refractivity contribution in [2.45, 2.75) is 6.04 Å². The molecule has 1 aromatic carbocycles. The molecule has 0 aliphatic carbocycles. The van der Waals surface area contributed by atoms with Crippen molar-refractivity contribution in [2.75, 3.05) is 11.4 Å². The number of urea groups is 1. The molecule has 1 aromatic rings. The molecule has 3 amide bonds. The predicted octanol–water partition coefficient (Wildman–Crippen LogP) is -0.361. The summed E-state index contributed by atoms with van der Waals surface area (Å²) in [5, 5.41) is 2.31. The fraction of sp³-hybridized carbons (Fsp3) is 0.182. The van der Waals surface area contributed by atoms with Crippen molar-refractivity contribution >= 4 is 23.4 Å². The van der Waals surface area contributed by atoms with Crippen LogP contribution in [0.5, 0.6) is 0 Å². The van der Waals surface area contributed by atoms with E-state index in [0.717, 1.165) is 4.90 Å². The van der Waals surface area contributed by atoms with Gasteiger partial charge in [0.25, 0.3) is 5.91 Å². The predicted molar refractivity (Wildman–Crippen MR) is 60.3 cm³/mol. The highest BCUT2D eigenvalue weighted by molar-refractivity contribution is 6.28. The van der Waals surface area contributed by atoms with Crippen molar-refractivity contribution < 1.29 is 14.4 Å². The first kappa shape index (κ1) is 11.3. The van der Waals surface area contributed by atoms with Gasteiger partial charge in [0.15, 0.2) is 11.8 Å². The number of ketones is 1. The van der Waals surface area contributed by atoms with E-state index >= 15 is 0 Å². The van der Waals surface area contributed by atoms with Crippen molar-refractivity contribution in [2.24, 2.45) is 5.73 Å². The number of imide groups is 1. The monoisotopic (exact) mass is 233 g/mol. The first-order valence-corrected chi connectivity index (χ1v) is 5.07. The normalized spacial score (nSPS) is 19.4. The summed E-state index contributed by atoms with van der Waals surface area (Å²) in [5.74, 6) is -1.08. The summed E-state index contributed by atoms with van der Waals surface area (Å²) in [6.07, 6.45) is 0. The second kappa shape index (κ2) is 4.34. The van der Waals surface area contributed by atoms with E-state index in [4.69, 9.17) is 5.73 Å². The van der Waals surface area contributed by atoms with Crippen LogP contribution in [0.15, 0.2) is 30.3 Å². The minimum atomic E-state index is -1.16. The van der Waals surface area contributed by atoms with Gasteiger partial charge in [-0.15, -0.1) is 0 Å². The molecule has 1 heterocycles. The minimum absolute atomic E-state index is 0.278. The molecule has 1 atom stereocenters. The van der Waals surface area contributed by atoms with Gasteiger partial charge in [-0.25, -0.2) is 9.69 Å². The van der Waals surface area contributed by atoms with Crippen molar-refractivity contribution in [3.8, 4) is 0 Å². The third kappa shape index (κ3) is 1.90. The summed E-state index contributed by atoms with van der Waals surface area (Å²) in [6, 6.07) is 6.65. The third-order valence-corrected chi connectivity index (χ3v) is 2.48. The molecule has 3 N–H and O–H groups in total. The number of benzene rings is 1. The van der Waals surface area contributed by atoms with Crippen molar-refractivity contribution in [1.29, 1.82) is 0 Å². The zero-order valence-electron chi connectivity index (χ0n) is 8.92. The van der Waals surface area contributed by atoms with Gasteiger partial charge in [0.05, 0.1) is 12.2 Å². The first-order valence-electron chi connectivity index (χ1n) is 5.07. The average Bonchev–Trinajstić information content (AvgIpc) is 2.65. The molecule has 88 valence electrons. The number of nitrogens with one attached hydrogen (secondary N) is 1. The Balaban J connectivity index is 2.29. The number of rotatable bonds is 3. The maximum atomic E-state index is 11.9. The largest absolute Gasteiger partial charge is 0.329 e. The molecule has 1 unspecified atom stereocenters. The molecule has 2 rings (SSSR count). The van der Waals surface area contributed by atoms with Crippen LogP contribution in [0.2, 0.25) is 0 Å². The zero-order chi connectivity index (χ0) is 12.4. The van der Waals surface area contributed by atoms with Gasteiger partial charge >= 0.3 is 6.03 Å². The SMILES string of the molecule is NCC(=O)C1NC(=O)N(c2ccccc2)C1=O. The van der Waals surface area contributed by atoms with E-state index in [2.05, 4.69) is 5.32 Å². The van der Waals surface area contributed by atoms with E-state index in [1.807, 2.05) is 0 Å². The topological polar surface area (TPSA) is 92.5 Å². The number of hydrogen-bond acceptors (Lipinski definition) is 4. The Hall–Kier alpha value is -2.21. The first-order chi connectivity index (χ1) is 8.15. The number of anilines is 1. The smallest absolute Gasteiger partial charge is 0.324 e. The van der Waals surface area contributed by atoms with Crippen molar-refractivity contribution in [1.82, 2.24) is 5.32 Å². The quantitative estimate of drug-likeness (QED) is 0.550. The van der Waals surface area contributed by atoms with Crippen molar-refractivity contribution in [3.63, 3.8) is 0 Å². The molecule has 0 spiro atoms. The second-order valence-electron chi connectivity index (χ2n) is 3.56. The van der Waals surface area contributed by atoms with E-state index in [1.165, 1.54) is 0 Å². The Kier molecular flexibility index (Phi) is 2.88. The molecule has 0 bridgehead atoms. The Morgan fingerprint density at radius 3 is 2.53 bits per heavy atom. The van der Waals surface area contributed by atoms with Crippen LogP contribution in [-0.4, -0.2) is 30.3 Å². The van der Waals surface area contributed by atoms with Gasteiger partial charge < -0.3 is 11.1 Å². The molecule has 0 aromatic heterocycles. The minimum Gasteiger partial charge on any atom is -0.324 e. The Morgan fingerprint density at radius 1 is 1.29 bits per heavy atom. The lowest BCUT2D eigenvalue weighted by atomic mass is 10.2. The molecule has 1 saturated heterocycles. The number of nitrogens with zero attached hydrogens (tertiary/aromatic N) is 1. The molecule has 1 aliphatic heterocycles. The van der Waals surface area contributed by atoms with Crippen LogP contribution in [0.25, 0.3) is 0 Å². The highest BCUT2D eigenvalue weighted by atomic mass is 16.2. The molecular formula is C11H11N3O3. The van der Waals surface area contributed by atoms with Gasteiger partial charge in [-0.05, 0) is 12.1 Å². The number of Topliss-reactive ketones (excluding diaryl/α,β-unsaturated/α-hetero) is 1. The second-order valence-corrected chi connectivity index (χ2v) is 3.56. The van der Waals surface area contributed by atoms with Crippen LogP contribution in [0.3, 0.4) is 0 Å².